The molecule has 1 aromatic heterocycles. The molecule has 1 aliphatic rings. The van der Waals surface area contributed by atoms with Gasteiger partial charge in [-0.25, -0.2) is 0 Å². The highest BCUT2D eigenvalue weighted by Crippen LogP contribution is 2.26. The van der Waals surface area contributed by atoms with Gasteiger partial charge in [-0.15, -0.1) is 0 Å². The van der Waals surface area contributed by atoms with E-state index in [9.17, 15) is 0 Å². The van der Waals surface area contributed by atoms with E-state index < -0.39 is 0 Å². The van der Waals surface area contributed by atoms with Crippen molar-refractivity contribution in [2.45, 2.75) is 65.2 Å². The Morgan fingerprint density at radius 3 is 2.79 bits per heavy atom. The summed E-state index contributed by atoms with van der Waals surface area (Å²) in [7, 11) is 2.25. The Morgan fingerprint density at radius 1 is 1.47 bits per heavy atom. The third-order valence-electron chi connectivity index (χ3n) is 4.14. The third kappa shape index (κ3) is 3.80. The van der Waals surface area contributed by atoms with E-state index in [1.54, 1.807) is 0 Å². The van der Waals surface area contributed by atoms with E-state index in [-0.39, 0.29) is 0 Å². The molecule has 0 saturated heterocycles. The maximum Gasteiger partial charge on any atom is 0.0625 e. The molecular formula is C15H28N4. The van der Waals surface area contributed by atoms with Crippen molar-refractivity contribution in [1.29, 1.82) is 0 Å². The van der Waals surface area contributed by atoms with Gasteiger partial charge in [-0.2, -0.15) is 5.10 Å². The van der Waals surface area contributed by atoms with Crippen LogP contribution in [0.3, 0.4) is 0 Å². The summed E-state index contributed by atoms with van der Waals surface area (Å²) >= 11 is 0. The van der Waals surface area contributed by atoms with Crippen molar-refractivity contribution < 1.29 is 0 Å². The van der Waals surface area contributed by atoms with Crippen LogP contribution in [-0.2, 0) is 19.5 Å². The first-order chi connectivity index (χ1) is 9.15. The maximum absolute atomic E-state index is 4.58. The number of hydrogen-bond donors (Lipinski definition) is 1. The Balaban J connectivity index is 1.79. The predicted octanol–water partition coefficient (Wildman–Crippen LogP) is 2.04. The predicted molar refractivity (Wildman–Crippen MR) is 79.2 cm³/mol. The average molecular weight is 264 g/mol. The molecule has 1 heterocycles. The van der Waals surface area contributed by atoms with Crippen molar-refractivity contribution in [3.05, 3.63) is 17.5 Å². The van der Waals surface area contributed by atoms with Gasteiger partial charge < -0.3 is 5.32 Å². The molecule has 0 radical (unpaired) electrons. The monoisotopic (exact) mass is 264 g/mol. The van der Waals surface area contributed by atoms with E-state index in [2.05, 4.69) is 53.9 Å². The molecule has 4 nitrogen and oxygen atoms in total. The Hall–Kier alpha value is -0.870. The van der Waals surface area contributed by atoms with E-state index in [0.717, 1.165) is 32.1 Å². The molecule has 0 aliphatic heterocycles. The molecule has 2 rings (SSSR count). The molecule has 0 bridgehead atoms. The molecule has 0 amide bonds. The van der Waals surface area contributed by atoms with E-state index >= 15 is 0 Å². The number of hydrogen-bond acceptors (Lipinski definition) is 3. The summed E-state index contributed by atoms with van der Waals surface area (Å²) in [5.41, 5.74) is 2.50. The molecule has 1 unspecified atom stereocenters. The molecule has 19 heavy (non-hydrogen) atoms. The topological polar surface area (TPSA) is 33.1 Å². The Morgan fingerprint density at radius 2 is 2.21 bits per heavy atom. The van der Waals surface area contributed by atoms with Crippen LogP contribution in [0.5, 0.6) is 0 Å². The smallest absolute Gasteiger partial charge is 0.0625 e. The molecule has 1 fully saturated rings. The van der Waals surface area contributed by atoms with E-state index in [0.29, 0.717) is 6.04 Å². The summed E-state index contributed by atoms with van der Waals surface area (Å²) in [6.07, 6.45) is 3.77. The molecule has 1 N–H and O–H groups in total. The van der Waals surface area contributed by atoms with Crippen LogP contribution < -0.4 is 5.32 Å². The lowest BCUT2D eigenvalue weighted by atomic mass is 10.2. The van der Waals surface area contributed by atoms with Gasteiger partial charge in [-0.1, -0.05) is 6.92 Å². The molecule has 0 spiro atoms. The second-order valence-electron chi connectivity index (χ2n) is 5.67. The summed E-state index contributed by atoms with van der Waals surface area (Å²) in [6.45, 7) is 9.53. The fourth-order valence-electron chi connectivity index (χ4n) is 2.50. The lowest BCUT2D eigenvalue weighted by Crippen LogP contribution is -2.39. The number of aryl methyl sites for hydroxylation is 2. The molecule has 108 valence electrons. The second kappa shape index (κ2) is 6.53. The number of aromatic nitrogens is 2. The minimum Gasteiger partial charge on any atom is -0.310 e. The summed E-state index contributed by atoms with van der Waals surface area (Å²) in [5, 5.41) is 8.16. The highest BCUT2D eigenvalue weighted by Gasteiger charge is 2.28. The van der Waals surface area contributed by atoms with Gasteiger partial charge in [0.25, 0.3) is 0 Å². The largest absolute Gasteiger partial charge is 0.310 e. The van der Waals surface area contributed by atoms with E-state index in [4.69, 9.17) is 0 Å². The van der Waals surface area contributed by atoms with Crippen molar-refractivity contribution in [3.63, 3.8) is 0 Å². The fraction of sp³-hybridized carbons (Fsp3) is 0.800. The zero-order valence-corrected chi connectivity index (χ0v) is 12.8. The van der Waals surface area contributed by atoms with E-state index in [1.165, 1.54) is 24.2 Å². The van der Waals surface area contributed by atoms with Crippen molar-refractivity contribution in [2.24, 2.45) is 0 Å². The van der Waals surface area contributed by atoms with Crippen LogP contribution in [0.15, 0.2) is 6.07 Å². The van der Waals surface area contributed by atoms with Crippen LogP contribution in [0.25, 0.3) is 0 Å². The van der Waals surface area contributed by atoms with Gasteiger partial charge in [0.05, 0.1) is 11.4 Å². The summed E-state index contributed by atoms with van der Waals surface area (Å²) in [5.74, 6) is 0. The summed E-state index contributed by atoms with van der Waals surface area (Å²) < 4.78 is 2.11. The van der Waals surface area contributed by atoms with Crippen LogP contribution in [0.2, 0.25) is 0 Å². The van der Waals surface area contributed by atoms with Crippen LogP contribution >= 0.6 is 0 Å². The molecule has 1 aliphatic carbocycles. The third-order valence-corrected chi connectivity index (χ3v) is 4.14. The molecule has 1 atom stereocenters. The minimum atomic E-state index is 0.608. The fourth-order valence-corrected chi connectivity index (χ4v) is 2.50. The first-order valence-electron chi connectivity index (χ1n) is 7.63. The zero-order valence-electron chi connectivity index (χ0n) is 12.8. The number of nitrogens with zero attached hydrogens (tertiary/aromatic N) is 3. The van der Waals surface area contributed by atoms with Crippen LogP contribution in [-0.4, -0.2) is 40.4 Å². The normalized spacial score (nSPS) is 17.1. The number of rotatable bonds is 8. The molecular weight excluding hydrogens is 236 g/mol. The van der Waals surface area contributed by atoms with Gasteiger partial charge in [0.2, 0.25) is 0 Å². The lowest BCUT2D eigenvalue weighted by Gasteiger charge is -2.24. The highest BCUT2D eigenvalue weighted by molar-refractivity contribution is 5.10. The van der Waals surface area contributed by atoms with Gasteiger partial charge in [0.1, 0.15) is 0 Å². The van der Waals surface area contributed by atoms with Gasteiger partial charge in [0.15, 0.2) is 0 Å². The summed E-state index contributed by atoms with van der Waals surface area (Å²) in [4.78, 5) is 2.50. The van der Waals surface area contributed by atoms with Gasteiger partial charge in [0, 0.05) is 31.7 Å². The van der Waals surface area contributed by atoms with Crippen LogP contribution in [0.4, 0.5) is 0 Å². The first kappa shape index (κ1) is 14.5. The maximum atomic E-state index is 4.58. The molecule has 1 saturated carbocycles. The first-order valence-corrected chi connectivity index (χ1v) is 7.63. The number of likely N-dealkylation sites (N-methyl/N-ethyl adjacent to an activating group) is 1. The van der Waals surface area contributed by atoms with Crippen molar-refractivity contribution >= 4 is 0 Å². The standard InChI is InChI=1S/C15H28N4/c1-5-13-9-15(19(6-2)17-13)11-16-10-12(3)18(4)14-7-8-14/h9,12,14,16H,5-8,10-11H2,1-4H3. The highest BCUT2D eigenvalue weighted by atomic mass is 15.3. The van der Waals surface area contributed by atoms with Gasteiger partial charge in [-0.05, 0) is 46.2 Å². The second-order valence-corrected chi connectivity index (χ2v) is 5.67. The zero-order chi connectivity index (χ0) is 13.8. The Bertz CT molecular complexity index is 395. The molecule has 0 aromatic carbocycles. The van der Waals surface area contributed by atoms with Crippen molar-refractivity contribution in [2.75, 3.05) is 13.6 Å². The van der Waals surface area contributed by atoms with E-state index in [1.807, 2.05) is 0 Å². The lowest BCUT2D eigenvalue weighted by molar-refractivity contribution is 0.240. The van der Waals surface area contributed by atoms with Crippen molar-refractivity contribution in [1.82, 2.24) is 20.0 Å². The van der Waals surface area contributed by atoms with Gasteiger partial charge in [-0.3, -0.25) is 9.58 Å². The van der Waals surface area contributed by atoms with Crippen LogP contribution in [0, 0.1) is 0 Å². The molecule has 4 heteroatoms. The quantitative estimate of drug-likeness (QED) is 0.780. The Labute approximate surface area is 117 Å². The van der Waals surface area contributed by atoms with Crippen LogP contribution in [0.1, 0.15) is 45.0 Å². The molecule has 1 aromatic rings. The average Bonchev–Trinajstić information content (AvgIpc) is 3.19. The Kier molecular flexibility index (Phi) is 4.99. The number of nitrogens with one attached hydrogen (secondary N) is 1. The van der Waals surface area contributed by atoms with Crippen molar-refractivity contribution in [3.8, 4) is 0 Å². The van der Waals surface area contributed by atoms with Gasteiger partial charge >= 0.3 is 0 Å². The minimum absolute atomic E-state index is 0.608. The SMILES string of the molecule is CCc1cc(CNCC(C)N(C)C2CC2)n(CC)n1. The summed E-state index contributed by atoms with van der Waals surface area (Å²) in [6, 6.07) is 3.67.